The maximum absolute atomic E-state index is 9.90. The maximum atomic E-state index is 9.90. The molecule has 3 atom stereocenters. The minimum Gasteiger partial charge on any atom is -0.393 e. The number of rotatable bonds is 5. The van der Waals surface area contributed by atoms with Gasteiger partial charge < -0.3 is 10.4 Å². The van der Waals surface area contributed by atoms with E-state index in [1.807, 2.05) is 0 Å². The van der Waals surface area contributed by atoms with Gasteiger partial charge in [-0.1, -0.05) is 29.8 Å². The number of fused-ring (bicyclic) bond motifs is 2. The van der Waals surface area contributed by atoms with Crippen LogP contribution < -0.4 is 5.32 Å². The summed E-state index contributed by atoms with van der Waals surface area (Å²) in [6.45, 7) is 3.27. The molecule has 21 heavy (non-hydrogen) atoms. The van der Waals surface area contributed by atoms with Gasteiger partial charge in [0, 0.05) is 24.7 Å². The van der Waals surface area contributed by atoms with E-state index in [0.717, 1.165) is 25.8 Å². The van der Waals surface area contributed by atoms with Crippen LogP contribution in [0.4, 0.5) is 0 Å². The lowest BCUT2D eigenvalue weighted by molar-refractivity contribution is 0.0336. The van der Waals surface area contributed by atoms with E-state index >= 15 is 0 Å². The number of aryl methyl sites for hydroxylation is 1. The first-order valence-corrected chi connectivity index (χ1v) is 8.35. The Bertz CT molecular complexity index is 445. The van der Waals surface area contributed by atoms with Gasteiger partial charge in [0.2, 0.25) is 0 Å². The van der Waals surface area contributed by atoms with Crippen molar-refractivity contribution in [3.05, 3.63) is 35.4 Å². The van der Waals surface area contributed by atoms with E-state index in [9.17, 15) is 5.11 Å². The molecule has 3 rings (SSSR count). The minimum atomic E-state index is -0.0593. The molecule has 0 aromatic heterocycles. The van der Waals surface area contributed by atoms with E-state index in [-0.39, 0.29) is 6.10 Å². The second kappa shape index (κ2) is 6.47. The fourth-order valence-electron chi connectivity index (χ4n) is 4.17. The van der Waals surface area contributed by atoms with Crippen molar-refractivity contribution in [2.75, 3.05) is 13.6 Å². The highest BCUT2D eigenvalue weighted by molar-refractivity contribution is 5.24. The molecule has 2 fully saturated rings. The molecule has 3 nitrogen and oxygen atoms in total. The van der Waals surface area contributed by atoms with Crippen LogP contribution in [0.2, 0.25) is 0 Å². The predicted octanol–water partition coefficient (Wildman–Crippen LogP) is 2.63. The molecule has 2 N–H and O–H groups in total. The van der Waals surface area contributed by atoms with Crippen LogP contribution in [0.3, 0.4) is 0 Å². The van der Waals surface area contributed by atoms with Crippen LogP contribution in [0.5, 0.6) is 0 Å². The Morgan fingerprint density at radius 3 is 2.38 bits per heavy atom. The summed E-state index contributed by atoms with van der Waals surface area (Å²) in [5, 5.41) is 13.4. The first-order valence-electron chi connectivity index (χ1n) is 8.35. The fourth-order valence-corrected chi connectivity index (χ4v) is 4.17. The van der Waals surface area contributed by atoms with Gasteiger partial charge in [-0.25, -0.2) is 0 Å². The molecule has 3 heteroatoms. The summed E-state index contributed by atoms with van der Waals surface area (Å²) in [7, 11) is 2.05. The smallest absolute Gasteiger partial charge is 0.0570 e. The topological polar surface area (TPSA) is 35.5 Å². The zero-order chi connectivity index (χ0) is 14.8. The monoisotopic (exact) mass is 288 g/mol. The summed E-state index contributed by atoms with van der Waals surface area (Å²) in [6.07, 6.45) is 5.59. The molecule has 1 aromatic rings. The zero-order valence-electron chi connectivity index (χ0n) is 13.3. The molecule has 0 spiro atoms. The highest BCUT2D eigenvalue weighted by Crippen LogP contribution is 2.36. The SMILES string of the molecule is CNC(CCN1C2CCC1CC(O)C2)c1ccc(C)cc1. The van der Waals surface area contributed by atoms with Gasteiger partial charge in [-0.3, -0.25) is 4.90 Å². The molecule has 2 bridgehead atoms. The van der Waals surface area contributed by atoms with Gasteiger partial charge in [-0.05, 0) is 51.6 Å². The highest BCUT2D eigenvalue weighted by atomic mass is 16.3. The number of hydrogen-bond donors (Lipinski definition) is 2. The van der Waals surface area contributed by atoms with Crippen LogP contribution in [-0.2, 0) is 0 Å². The molecule has 3 unspecified atom stereocenters. The van der Waals surface area contributed by atoms with Crippen molar-refractivity contribution in [1.29, 1.82) is 0 Å². The summed E-state index contributed by atoms with van der Waals surface area (Å²) in [4.78, 5) is 2.66. The van der Waals surface area contributed by atoms with Gasteiger partial charge in [0.05, 0.1) is 6.10 Å². The largest absolute Gasteiger partial charge is 0.393 e. The quantitative estimate of drug-likeness (QED) is 0.874. The predicted molar refractivity (Wildman–Crippen MR) is 86.4 cm³/mol. The Morgan fingerprint density at radius 1 is 1.19 bits per heavy atom. The molecular formula is C18H28N2O. The summed E-state index contributed by atoms with van der Waals surface area (Å²) in [5.41, 5.74) is 2.70. The molecule has 0 radical (unpaired) electrons. The Balaban J connectivity index is 1.60. The number of aliphatic hydroxyl groups is 1. The van der Waals surface area contributed by atoms with Crippen LogP contribution >= 0.6 is 0 Å². The van der Waals surface area contributed by atoms with Crippen LogP contribution in [0.1, 0.15) is 49.3 Å². The van der Waals surface area contributed by atoms with Crippen molar-refractivity contribution >= 4 is 0 Å². The van der Waals surface area contributed by atoms with Gasteiger partial charge in [-0.2, -0.15) is 0 Å². The van der Waals surface area contributed by atoms with Crippen molar-refractivity contribution in [1.82, 2.24) is 10.2 Å². The van der Waals surface area contributed by atoms with E-state index in [1.54, 1.807) is 0 Å². The number of nitrogens with zero attached hydrogens (tertiary/aromatic N) is 1. The van der Waals surface area contributed by atoms with Gasteiger partial charge in [-0.15, -0.1) is 0 Å². The standard InChI is InChI=1S/C18H28N2O/c1-13-3-5-14(6-4-13)18(19-2)9-10-20-15-7-8-16(20)12-17(21)11-15/h3-6,15-19,21H,7-12H2,1-2H3. The third kappa shape index (κ3) is 3.31. The molecule has 0 amide bonds. The van der Waals surface area contributed by atoms with Crippen molar-refractivity contribution in [2.45, 2.75) is 63.3 Å². The van der Waals surface area contributed by atoms with Gasteiger partial charge in [0.1, 0.15) is 0 Å². The van der Waals surface area contributed by atoms with Crippen LogP contribution in [0.25, 0.3) is 0 Å². The lowest BCUT2D eigenvalue weighted by Crippen LogP contribution is -2.45. The number of piperidine rings is 1. The highest BCUT2D eigenvalue weighted by Gasteiger charge is 2.39. The Kier molecular flexibility index (Phi) is 4.63. The van der Waals surface area contributed by atoms with Gasteiger partial charge >= 0.3 is 0 Å². The number of hydrogen-bond acceptors (Lipinski definition) is 3. The van der Waals surface area contributed by atoms with Crippen molar-refractivity contribution in [3.8, 4) is 0 Å². The molecule has 2 saturated heterocycles. The molecule has 116 valence electrons. The van der Waals surface area contributed by atoms with E-state index in [0.29, 0.717) is 18.1 Å². The summed E-state index contributed by atoms with van der Waals surface area (Å²) in [5.74, 6) is 0. The van der Waals surface area contributed by atoms with E-state index in [2.05, 4.69) is 48.5 Å². The maximum Gasteiger partial charge on any atom is 0.0570 e. The van der Waals surface area contributed by atoms with E-state index < -0.39 is 0 Å². The van der Waals surface area contributed by atoms with Crippen molar-refractivity contribution in [3.63, 3.8) is 0 Å². The van der Waals surface area contributed by atoms with E-state index in [1.165, 1.54) is 24.0 Å². The van der Waals surface area contributed by atoms with Gasteiger partial charge in [0.25, 0.3) is 0 Å². The molecular weight excluding hydrogens is 260 g/mol. The van der Waals surface area contributed by atoms with Crippen molar-refractivity contribution in [2.24, 2.45) is 0 Å². The Hall–Kier alpha value is -0.900. The first-order chi connectivity index (χ1) is 10.2. The van der Waals surface area contributed by atoms with Crippen LogP contribution in [0.15, 0.2) is 24.3 Å². The molecule has 2 heterocycles. The minimum absolute atomic E-state index is 0.0593. The van der Waals surface area contributed by atoms with Gasteiger partial charge in [0.15, 0.2) is 0 Å². The van der Waals surface area contributed by atoms with Crippen molar-refractivity contribution < 1.29 is 5.11 Å². The third-order valence-electron chi connectivity index (χ3n) is 5.36. The number of aliphatic hydroxyl groups excluding tert-OH is 1. The zero-order valence-corrected chi connectivity index (χ0v) is 13.3. The number of benzene rings is 1. The molecule has 2 aliphatic heterocycles. The summed E-state index contributed by atoms with van der Waals surface area (Å²) < 4.78 is 0. The van der Waals surface area contributed by atoms with Crippen LogP contribution in [0, 0.1) is 6.92 Å². The first kappa shape index (κ1) is 15.0. The summed E-state index contributed by atoms with van der Waals surface area (Å²) >= 11 is 0. The average molecular weight is 288 g/mol. The lowest BCUT2D eigenvalue weighted by Gasteiger charge is -2.37. The second-order valence-corrected chi connectivity index (χ2v) is 6.79. The molecule has 1 aromatic carbocycles. The summed E-state index contributed by atoms with van der Waals surface area (Å²) in [6, 6.07) is 10.5. The third-order valence-corrected chi connectivity index (χ3v) is 5.36. The fraction of sp³-hybridized carbons (Fsp3) is 0.667. The molecule has 0 saturated carbocycles. The lowest BCUT2D eigenvalue weighted by atomic mass is 9.97. The molecule has 0 aliphatic carbocycles. The van der Waals surface area contributed by atoms with Crippen LogP contribution in [-0.4, -0.2) is 41.8 Å². The number of nitrogens with one attached hydrogen (secondary N) is 1. The average Bonchev–Trinajstić information content (AvgIpc) is 2.72. The Labute approximate surface area is 128 Å². The molecule has 2 aliphatic rings. The normalized spacial score (nSPS) is 30.5. The Morgan fingerprint density at radius 2 is 1.81 bits per heavy atom. The van der Waals surface area contributed by atoms with E-state index in [4.69, 9.17) is 0 Å². The second-order valence-electron chi connectivity index (χ2n) is 6.79.